The van der Waals surface area contributed by atoms with Gasteiger partial charge >= 0.3 is 0 Å². The van der Waals surface area contributed by atoms with Crippen LogP contribution in [-0.2, 0) is 6.42 Å². The van der Waals surface area contributed by atoms with Crippen LogP contribution in [0.25, 0.3) is 0 Å². The summed E-state index contributed by atoms with van der Waals surface area (Å²) in [5, 5.41) is 10.2. The smallest absolute Gasteiger partial charge is 0.0583 e. The second-order valence-electron chi connectivity index (χ2n) is 5.94. The first kappa shape index (κ1) is 13.6. The fourth-order valence-corrected chi connectivity index (χ4v) is 3.18. The van der Waals surface area contributed by atoms with Crippen LogP contribution in [0.2, 0.25) is 0 Å². The topological polar surface area (TPSA) is 20.2 Å². The Balaban J connectivity index is 1.82. The number of hydrogen-bond donors (Lipinski definition) is 1. The molecule has 2 rings (SSSR count). The fraction of sp³-hybridized carbons (Fsp3) is 0.647. The van der Waals surface area contributed by atoms with Crippen LogP contribution in [0, 0.1) is 12.8 Å². The highest BCUT2D eigenvalue weighted by Gasteiger charge is 2.16. The van der Waals surface area contributed by atoms with Crippen molar-refractivity contribution in [3.05, 3.63) is 35.4 Å². The molecule has 1 aliphatic carbocycles. The third kappa shape index (κ3) is 4.45. The van der Waals surface area contributed by atoms with Crippen LogP contribution >= 0.6 is 0 Å². The van der Waals surface area contributed by atoms with Crippen LogP contribution in [0.3, 0.4) is 0 Å². The molecule has 100 valence electrons. The summed E-state index contributed by atoms with van der Waals surface area (Å²) < 4.78 is 0. The third-order valence-corrected chi connectivity index (χ3v) is 4.13. The van der Waals surface area contributed by atoms with Gasteiger partial charge in [0, 0.05) is 0 Å². The van der Waals surface area contributed by atoms with Crippen LogP contribution in [0.4, 0.5) is 0 Å². The van der Waals surface area contributed by atoms with Crippen molar-refractivity contribution in [2.24, 2.45) is 5.92 Å². The van der Waals surface area contributed by atoms with Crippen LogP contribution in [0.15, 0.2) is 24.3 Å². The Morgan fingerprint density at radius 3 is 2.56 bits per heavy atom. The van der Waals surface area contributed by atoms with Crippen molar-refractivity contribution >= 4 is 0 Å². The molecule has 0 amide bonds. The minimum atomic E-state index is -0.158. The molecule has 1 aliphatic rings. The van der Waals surface area contributed by atoms with Gasteiger partial charge in [0.25, 0.3) is 0 Å². The molecule has 0 aromatic heterocycles. The molecule has 1 saturated carbocycles. The molecule has 0 spiro atoms. The average molecular weight is 246 g/mol. The Bertz CT molecular complexity index is 350. The van der Waals surface area contributed by atoms with Gasteiger partial charge in [-0.2, -0.15) is 0 Å². The number of aliphatic hydroxyl groups excluding tert-OH is 1. The number of hydrogen-bond acceptors (Lipinski definition) is 1. The summed E-state index contributed by atoms with van der Waals surface area (Å²) >= 11 is 0. The van der Waals surface area contributed by atoms with Crippen molar-refractivity contribution in [3.8, 4) is 0 Å². The first-order chi connectivity index (χ1) is 8.74. The molecule has 1 fully saturated rings. The first-order valence-corrected chi connectivity index (χ1v) is 7.47. The normalized spacial score (nSPS) is 19.4. The molecule has 0 bridgehead atoms. The highest BCUT2D eigenvalue weighted by Crippen LogP contribution is 2.27. The van der Waals surface area contributed by atoms with E-state index >= 15 is 0 Å². The second kappa shape index (κ2) is 6.94. The molecule has 0 saturated heterocycles. The molecule has 1 unspecified atom stereocenters. The predicted octanol–water partition coefficient (Wildman–Crippen LogP) is 4.26. The van der Waals surface area contributed by atoms with Crippen molar-refractivity contribution < 1.29 is 5.11 Å². The van der Waals surface area contributed by atoms with Crippen LogP contribution in [-0.4, -0.2) is 11.2 Å². The van der Waals surface area contributed by atoms with E-state index in [1.54, 1.807) is 0 Å². The van der Waals surface area contributed by atoms with Gasteiger partial charge in [0.05, 0.1) is 6.10 Å². The molecule has 0 radical (unpaired) electrons. The Morgan fingerprint density at radius 2 is 1.89 bits per heavy atom. The monoisotopic (exact) mass is 246 g/mol. The van der Waals surface area contributed by atoms with Crippen LogP contribution in [0.1, 0.15) is 56.1 Å². The molecule has 1 aromatic carbocycles. The molecule has 1 nitrogen and oxygen atoms in total. The van der Waals surface area contributed by atoms with Gasteiger partial charge in [0.1, 0.15) is 0 Å². The summed E-state index contributed by atoms with van der Waals surface area (Å²) in [6.45, 7) is 2.11. The first-order valence-electron chi connectivity index (χ1n) is 7.47. The maximum atomic E-state index is 10.2. The van der Waals surface area contributed by atoms with Crippen LogP contribution in [0.5, 0.6) is 0 Å². The van der Waals surface area contributed by atoms with E-state index in [0.717, 1.165) is 18.8 Å². The zero-order valence-electron chi connectivity index (χ0n) is 11.6. The number of aryl methyl sites for hydroxylation is 1. The van der Waals surface area contributed by atoms with Crippen molar-refractivity contribution in [1.29, 1.82) is 0 Å². The Labute approximate surface area is 111 Å². The lowest BCUT2D eigenvalue weighted by Crippen LogP contribution is -2.16. The van der Waals surface area contributed by atoms with E-state index < -0.39 is 0 Å². The molecule has 0 aliphatic heterocycles. The lowest BCUT2D eigenvalue weighted by Gasteiger charge is -2.18. The molecule has 1 atom stereocenters. The van der Waals surface area contributed by atoms with E-state index in [4.69, 9.17) is 0 Å². The zero-order chi connectivity index (χ0) is 12.8. The van der Waals surface area contributed by atoms with E-state index in [1.165, 1.54) is 49.7 Å². The molecule has 1 aromatic rings. The summed E-state index contributed by atoms with van der Waals surface area (Å²) in [7, 11) is 0. The largest absolute Gasteiger partial charge is 0.393 e. The lowest BCUT2D eigenvalue weighted by molar-refractivity contribution is 0.137. The van der Waals surface area contributed by atoms with Gasteiger partial charge in [0.2, 0.25) is 0 Å². The van der Waals surface area contributed by atoms with Crippen molar-refractivity contribution in [2.75, 3.05) is 0 Å². The highest BCUT2D eigenvalue weighted by molar-refractivity contribution is 5.22. The van der Waals surface area contributed by atoms with E-state index in [9.17, 15) is 5.11 Å². The fourth-order valence-electron chi connectivity index (χ4n) is 3.18. The van der Waals surface area contributed by atoms with Gasteiger partial charge in [-0.25, -0.2) is 0 Å². The van der Waals surface area contributed by atoms with Crippen molar-refractivity contribution in [3.63, 3.8) is 0 Å². The highest BCUT2D eigenvalue weighted by atomic mass is 16.3. The predicted molar refractivity (Wildman–Crippen MR) is 76.7 cm³/mol. The standard InChI is InChI=1S/C17H26O/c1-14-7-6-10-16(11-14)13-17(18)12-15-8-4-2-3-5-9-15/h6-7,10-11,15,17-18H,2-5,8-9,12-13H2,1H3. The SMILES string of the molecule is Cc1cccc(CC(O)CC2CCCCCC2)c1. The van der Waals surface area contributed by atoms with Gasteiger partial charge in [-0.3, -0.25) is 0 Å². The van der Waals surface area contributed by atoms with Crippen LogP contribution < -0.4 is 0 Å². The van der Waals surface area contributed by atoms with Gasteiger partial charge in [-0.15, -0.1) is 0 Å². The number of benzene rings is 1. The summed E-state index contributed by atoms with van der Waals surface area (Å²) in [6, 6.07) is 8.52. The summed E-state index contributed by atoms with van der Waals surface area (Å²) in [4.78, 5) is 0. The third-order valence-electron chi connectivity index (χ3n) is 4.13. The second-order valence-corrected chi connectivity index (χ2v) is 5.94. The van der Waals surface area contributed by atoms with E-state index in [-0.39, 0.29) is 6.10 Å². The minimum absolute atomic E-state index is 0.158. The lowest BCUT2D eigenvalue weighted by atomic mass is 9.91. The number of rotatable bonds is 4. The van der Waals surface area contributed by atoms with Gasteiger partial charge in [-0.05, 0) is 31.2 Å². The van der Waals surface area contributed by atoms with Crippen molar-refractivity contribution in [2.45, 2.75) is 64.4 Å². The van der Waals surface area contributed by atoms with E-state index in [2.05, 4.69) is 31.2 Å². The number of aliphatic hydroxyl groups is 1. The Hall–Kier alpha value is -0.820. The molecule has 1 heteroatoms. The van der Waals surface area contributed by atoms with Crippen molar-refractivity contribution in [1.82, 2.24) is 0 Å². The van der Waals surface area contributed by atoms with E-state index in [0.29, 0.717) is 0 Å². The summed E-state index contributed by atoms with van der Waals surface area (Å²) in [6.07, 6.45) is 9.82. The molecular formula is C17H26O. The zero-order valence-corrected chi connectivity index (χ0v) is 11.6. The maximum Gasteiger partial charge on any atom is 0.0583 e. The molecule has 1 N–H and O–H groups in total. The average Bonchev–Trinajstić information content (AvgIpc) is 2.57. The molecule has 18 heavy (non-hydrogen) atoms. The minimum Gasteiger partial charge on any atom is -0.393 e. The van der Waals surface area contributed by atoms with E-state index in [1.807, 2.05) is 0 Å². The quantitative estimate of drug-likeness (QED) is 0.787. The molecular weight excluding hydrogens is 220 g/mol. The Morgan fingerprint density at radius 1 is 1.17 bits per heavy atom. The Kier molecular flexibility index (Phi) is 5.25. The van der Waals surface area contributed by atoms with Gasteiger partial charge < -0.3 is 5.11 Å². The maximum absolute atomic E-state index is 10.2. The van der Waals surface area contributed by atoms with Gasteiger partial charge in [0.15, 0.2) is 0 Å². The van der Waals surface area contributed by atoms with Gasteiger partial charge in [-0.1, -0.05) is 68.4 Å². The summed E-state index contributed by atoms with van der Waals surface area (Å²) in [5.74, 6) is 0.757. The summed E-state index contributed by atoms with van der Waals surface area (Å²) in [5.41, 5.74) is 2.56. The molecule has 0 heterocycles.